The van der Waals surface area contributed by atoms with Crippen molar-refractivity contribution in [3.05, 3.63) is 17.7 Å². The minimum atomic E-state index is -0.0639. The molecule has 0 aliphatic carbocycles. The van der Waals surface area contributed by atoms with Gasteiger partial charge < -0.3 is 19.5 Å². The van der Waals surface area contributed by atoms with Crippen molar-refractivity contribution >= 4 is 11.8 Å². The highest BCUT2D eigenvalue weighted by Gasteiger charge is 2.29. The van der Waals surface area contributed by atoms with Crippen LogP contribution in [0.25, 0.3) is 0 Å². The van der Waals surface area contributed by atoms with Crippen molar-refractivity contribution in [1.29, 1.82) is 0 Å². The summed E-state index contributed by atoms with van der Waals surface area (Å²) in [6.45, 7) is 6.52. The van der Waals surface area contributed by atoms with Gasteiger partial charge in [-0.25, -0.2) is 4.98 Å². The highest BCUT2D eigenvalue weighted by molar-refractivity contribution is 5.78. The Morgan fingerprint density at radius 3 is 2.92 bits per heavy atom. The Morgan fingerprint density at radius 2 is 2.21 bits per heavy atom. The summed E-state index contributed by atoms with van der Waals surface area (Å²) >= 11 is 0. The number of unbranched alkanes of at least 4 members (excludes halogenated alkanes) is 1. The van der Waals surface area contributed by atoms with Crippen molar-refractivity contribution < 1.29 is 14.3 Å². The van der Waals surface area contributed by atoms with Crippen LogP contribution in [0.15, 0.2) is 6.20 Å². The minimum absolute atomic E-state index is 0.0478. The van der Waals surface area contributed by atoms with Gasteiger partial charge in [-0.05, 0) is 13.3 Å². The largest absolute Gasteiger partial charge is 0.383 e. The van der Waals surface area contributed by atoms with Gasteiger partial charge in [0.05, 0.1) is 24.8 Å². The molecule has 7 heteroatoms. The van der Waals surface area contributed by atoms with Gasteiger partial charge in [-0.3, -0.25) is 9.59 Å². The number of aromatic nitrogens is 2. The standard InChI is InChI=1S/C17H28N4O3/c1-4-5-6-16(23)21-9-8-20-12-14(19-17(20)13(21)2)11-15(22)18-7-10-24-3/h12-13H,4-11H2,1-3H3,(H,18,22)/t13-/m0/s1. The number of ether oxygens (including phenoxy) is 1. The first-order valence-electron chi connectivity index (χ1n) is 8.67. The van der Waals surface area contributed by atoms with Crippen LogP contribution in [0.5, 0.6) is 0 Å². The summed E-state index contributed by atoms with van der Waals surface area (Å²) in [4.78, 5) is 30.7. The monoisotopic (exact) mass is 336 g/mol. The van der Waals surface area contributed by atoms with Crippen molar-refractivity contribution in [1.82, 2.24) is 19.8 Å². The number of imidazole rings is 1. The smallest absolute Gasteiger partial charge is 0.226 e. The number of carbonyl (C=O) groups is 2. The summed E-state index contributed by atoms with van der Waals surface area (Å²) in [5, 5.41) is 2.80. The minimum Gasteiger partial charge on any atom is -0.383 e. The first-order chi connectivity index (χ1) is 11.6. The van der Waals surface area contributed by atoms with E-state index in [1.807, 2.05) is 18.0 Å². The molecule has 0 bridgehead atoms. The molecular formula is C17H28N4O3. The summed E-state index contributed by atoms with van der Waals surface area (Å²) in [5.74, 6) is 0.995. The Balaban J connectivity index is 1.97. The second-order valence-corrected chi connectivity index (χ2v) is 6.17. The Hall–Kier alpha value is -1.89. The van der Waals surface area contributed by atoms with Gasteiger partial charge in [-0.1, -0.05) is 13.3 Å². The van der Waals surface area contributed by atoms with Gasteiger partial charge in [-0.2, -0.15) is 0 Å². The van der Waals surface area contributed by atoms with Crippen LogP contribution in [0.1, 0.15) is 50.7 Å². The number of carbonyl (C=O) groups excluding carboxylic acids is 2. The van der Waals surface area contributed by atoms with Crippen molar-refractivity contribution in [2.45, 2.75) is 52.1 Å². The molecule has 1 N–H and O–H groups in total. The average Bonchev–Trinajstić information content (AvgIpc) is 2.96. The topological polar surface area (TPSA) is 76.5 Å². The van der Waals surface area contributed by atoms with E-state index in [9.17, 15) is 9.59 Å². The Morgan fingerprint density at radius 1 is 1.42 bits per heavy atom. The van der Waals surface area contributed by atoms with E-state index in [4.69, 9.17) is 4.74 Å². The lowest BCUT2D eigenvalue weighted by molar-refractivity contribution is -0.134. The maximum atomic E-state index is 12.3. The van der Waals surface area contributed by atoms with Crippen LogP contribution in [0, 0.1) is 0 Å². The summed E-state index contributed by atoms with van der Waals surface area (Å²) in [5.41, 5.74) is 0.745. The predicted molar refractivity (Wildman–Crippen MR) is 90.5 cm³/mol. The van der Waals surface area contributed by atoms with Crippen LogP contribution < -0.4 is 5.32 Å². The molecule has 1 atom stereocenters. The first kappa shape index (κ1) is 18.4. The number of amides is 2. The van der Waals surface area contributed by atoms with Gasteiger partial charge in [0.1, 0.15) is 5.82 Å². The number of hydrogen-bond acceptors (Lipinski definition) is 4. The van der Waals surface area contributed by atoms with E-state index in [0.717, 1.165) is 30.9 Å². The molecule has 0 saturated heterocycles. The molecule has 7 nitrogen and oxygen atoms in total. The average molecular weight is 336 g/mol. The van der Waals surface area contributed by atoms with E-state index >= 15 is 0 Å². The second-order valence-electron chi connectivity index (χ2n) is 6.17. The van der Waals surface area contributed by atoms with Gasteiger partial charge in [0, 0.05) is 39.4 Å². The zero-order valence-electron chi connectivity index (χ0n) is 14.9. The highest BCUT2D eigenvalue weighted by atomic mass is 16.5. The summed E-state index contributed by atoms with van der Waals surface area (Å²) in [7, 11) is 1.60. The number of rotatable bonds is 8. The lowest BCUT2D eigenvalue weighted by Gasteiger charge is -2.33. The number of nitrogens with one attached hydrogen (secondary N) is 1. The molecule has 1 aliphatic rings. The van der Waals surface area contributed by atoms with Crippen LogP contribution in [-0.4, -0.2) is 53.1 Å². The molecule has 0 fully saturated rings. The zero-order chi connectivity index (χ0) is 17.5. The zero-order valence-corrected chi connectivity index (χ0v) is 14.9. The fraction of sp³-hybridized carbons (Fsp3) is 0.706. The van der Waals surface area contributed by atoms with Crippen LogP contribution in [0.3, 0.4) is 0 Å². The molecule has 1 aromatic rings. The van der Waals surface area contributed by atoms with E-state index in [0.29, 0.717) is 26.1 Å². The van der Waals surface area contributed by atoms with Crippen LogP contribution >= 0.6 is 0 Å². The van der Waals surface area contributed by atoms with E-state index in [1.54, 1.807) is 7.11 Å². The maximum absolute atomic E-state index is 12.3. The third-order valence-corrected chi connectivity index (χ3v) is 4.31. The molecule has 0 spiro atoms. The molecule has 0 saturated carbocycles. The molecule has 0 radical (unpaired) electrons. The molecule has 2 amide bonds. The summed E-state index contributed by atoms with van der Waals surface area (Å²) < 4.78 is 6.97. The van der Waals surface area contributed by atoms with Crippen molar-refractivity contribution in [2.75, 3.05) is 26.8 Å². The van der Waals surface area contributed by atoms with Crippen molar-refractivity contribution in [3.8, 4) is 0 Å². The van der Waals surface area contributed by atoms with Gasteiger partial charge in [0.15, 0.2) is 0 Å². The summed E-state index contributed by atoms with van der Waals surface area (Å²) in [6, 6.07) is -0.0478. The van der Waals surface area contributed by atoms with Gasteiger partial charge >= 0.3 is 0 Å². The van der Waals surface area contributed by atoms with E-state index in [1.165, 1.54) is 0 Å². The SMILES string of the molecule is CCCCC(=O)N1CCn2cc(CC(=O)NCCOC)nc2[C@@H]1C. The highest BCUT2D eigenvalue weighted by Crippen LogP contribution is 2.25. The van der Waals surface area contributed by atoms with Gasteiger partial charge in [0.25, 0.3) is 0 Å². The van der Waals surface area contributed by atoms with Crippen LogP contribution in [0.2, 0.25) is 0 Å². The normalized spacial score (nSPS) is 16.8. The molecular weight excluding hydrogens is 308 g/mol. The van der Waals surface area contributed by atoms with Crippen molar-refractivity contribution in [2.24, 2.45) is 0 Å². The molecule has 0 unspecified atom stereocenters. The third-order valence-electron chi connectivity index (χ3n) is 4.31. The molecule has 134 valence electrons. The van der Waals surface area contributed by atoms with Gasteiger partial charge in [-0.15, -0.1) is 0 Å². The molecule has 2 heterocycles. The lowest BCUT2D eigenvalue weighted by atomic mass is 10.1. The predicted octanol–water partition coefficient (Wildman–Crippen LogP) is 1.28. The fourth-order valence-electron chi connectivity index (χ4n) is 2.96. The molecule has 0 aromatic carbocycles. The third kappa shape index (κ3) is 4.56. The Labute approximate surface area is 143 Å². The van der Waals surface area contributed by atoms with Crippen LogP contribution in [0.4, 0.5) is 0 Å². The maximum Gasteiger partial charge on any atom is 0.226 e. The molecule has 1 aliphatic heterocycles. The number of nitrogens with zero attached hydrogens (tertiary/aromatic N) is 3. The molecule has 1 aromatic heterocycles. The molecule has 24 heavy (non-hydrogen) atoms. The van der Waals surface area contributed by atoms with E-state index in [2.05, 4.69) is 21.8 Å². The number of hydrogen-bond donors (Lipinski definition) is 1. The molecule has 2 rings (SSSR count). The number of methoxy groups -OCH3 is 1. The van der Waals surface area contributed by atoms with E-state index < -0.39 is 0 Å². The van der Waals surface area contributed by atoms with Crippen LogP contribution in [-0.2, 0) is 27.3 Å². The quantitative estimate of drug-likeness (QED) is 0.726. The second kappa shape index (κ2) is 8.82. The van der Waals surface area contributed by atoms with E-state index in [-0.39, 0.29) is 24.3 Å². The van der Waals surface area contributed by atoms with Crippen molar-refractivity contribution in [3.63, 3.8) is 0 Å². The summed E-state index contributed by atoms with van der Waals surface area (Å²) in [6.07, 6.45) is 4.71. The Bertz CT molecular complexity index is 570. The Kier molecular flexibility index (Phi) is 6.78. The fourth-order valence-corrected chi connectivity index (χ4v) is 2.96. The number of fused-ring (bicyclic) bond motifs is 1. The first-order valence-corrected chi connectivity index (χ1v) is 8.67. The lowest BCUT2D eigenvalue weighted by Crippen LogP contribution is -2.41. The van der Waals surface area contributed by atoms with Gasteiger partial charge in [0.2, 0.25) is 11.8 Å².